The molecule has 17 heavy (non-hydrogen) atoms. The van der Waals surface area contributed by atoms with Gasteiger partial charge in [0.25, 0.3) is 0 Å². The molecule has 0 saturated carbocycles. The molecule has 1 saturated heterocycles. The molecule has 1 amide bonds. The van der Waals surface area contributed by atoms with Gasteiger partial charge in [0.1, 0.15) is 0 Å². The molecule has 0 spiro atoms. The number of nitrogens with zero attached hydrogens (tertiary/aromatic N) is 1. The summed E-state index contributed by atoms with van der Waals surface area (Å²) in [7, 11) is 0. The molecule has 1 rings (SSSR count). The molecule has 3 nitrogen and oxygen atoms in total. The standard InChI is InChI=1S/C14H28N2O/c1-2-3-4-5-9-14(17)16-12-7-6-8-13(16)10-11-15/h13H,2-12,15H2,1H3. The van der Waals surface area contributed by atoms with E-state index in [4.69, 9.17) is 5.73 Å². The Morgan fingerprint density at radius 1 is 1.29 bits per heavy atom. The lowest BCUT2D eigenvalue weighted by atomic mass is 9.98. The van der Waals surface area contributed by atoms with Crippen LogP contribution in [0.5, 0.6) is 0 Å². The van der Waals surface area contributed by atoms with E-state index in [2.05, 4.69) is 11.8 Å². The maximum absolute atomic E-state index is 12.1. The number of unbranched alkanes of at least 4 members (excludes halogenated alkanes) is 3. The molecule has 100 valence electrons. The predicted octanol–water partition coefficient (Wildman–Crippen LogP) is 2.69. The number of rotatable bonds is 7. The molecule has 0 aromatic carbocycles. The second-order valence-corrected chi connectivity index (χ2v) is 5.12. The summed E-state index contributed by atoms with van der Waals surface area (Å²) < 4.78 is 0. The molecule has 1 aliphatic rings. The highest BCUT2D eigenvalue weighted by atomic mass is 16.2. The third-order valence-electron chi connectivity index (χ3n) is 3.69. The SMILES string of the molecule is CCCCCCC(=O)N1CCCCC1CCN. The van der Waals surface area contributed by atoms with E-state index in [0.29, 0.717) is 18.5 Å². The minimum Gasteiger partial charge on any atom is -0.340 e. The van der Waals surface area contributed by atoms with Crippen LogP contribution in [-0.4, -0.2) is 29.9 Å². The highest BCUT2D eigenvalue weighted by molar-refractivity contribution is 5.76. The van der Waals surface area contributed by atoms with Crippen LogP contribution in [-0.2, 0) is 4.79 Å². The maximum atomic E-state index is 12.1. The molecule has 1 fully saturated rings. The van der Waals surface area contributed by atoms with Crippen LogP contribution in [0.4, 0.5) is 0 Å². The van der Waals surface area contributed by atoms with E-state index >= 15 is 0 Å². The van der Waals surface area contributed by atoms with Gasteiger partial charge in [0.05, 0.1) is 0 Å². The van der Waals surface area contributed by atoms with Crippen molar-refractivity contribution in [2.24, 2.45) is 5.73 Å². The van der Waals surface area contributed by atoms with Crippen LogP contribution in [0.25, 0.3) is 0 Å². The van der Waals surface area contributed by atoms with Crippen molar-refractivity contribution in [3.63, 3.8) is 0 Å². The van der Waals surface area contributed by atoms with Crippen molar-refractivity contribution in [2.45, 2.75) is 70.8 Å². The van der Waals surface area contributed by atoms with Crippen molar-refractivity contribution in [1.29, 1.82) is 0 Å². The van der Waals surface area contributed by atoms with Gasteiger partial charge < -0.3 is 10.6 Å². The molecule has 1 atom stereocenters. The van der Waals surface area contributed by atoms with E-state index < -0.39 is 0 Å². The molecule has 1 unspecified atom stereocenters. The normalized spacial score (nSPS) is 20.6. The van der Waals surface area contributed by atoms with E-state index in [1.807, 2.05) is 0 Å². The summed E-state index contributed by atoms with van der Waals surface area (Å²) in [4.78, 5) is 14.2. The molecular formula is C14H28N2O. The highest BCUT2D eigenvalue weighted by Crippen LogP contribution is 2.20. The van der Waals surface area contributed by atoms with E-state index in [-0.39, 0.29) is 0 Å². The first-order valence-electron chi connectivity index (χ1n) is 7.29. The number of amides is 1. The summed E-state index contributed by atoms with van der Waals surface area (Å²) in [5.74, 6) is 0.360. The van der Waals surface area contributed by atoms with Crippen LogP contribution in [0.3, 0.4) is 0 Å². The van der Waals surface area contributed by atoms with Gasteiger partial charge in [0.2, 0.25) is 5.91 Å². The van der Waals surface area contributed by atoms with Crippen LogP contribution in [0, 0.1) is 0 Å². The fourth-order valence-corrected chi connectivity index (χ4v) is 2.67. The zero-order valence-corrected chi connectivity index (χ0v) is 11.3. The van der Waals surface area contributed by atoms with Crippen LogP contribution in [0.2, 0.25) is 0 Å². The topological polar surface area (TPSA) is 46.3 Å². The first-order chi connectivity index (χ1) is 8.29. The van der Waals surface area contributed by atoms with E-state index in [1.165, 1.54) is 32.1 Å². The van der Waals surface area contributed by atoms with Gasteiger partial charge in [-0.25, -0.2) is 0 Å². The van der Waals surface area contributed by atoms with Gasteiger partial charge >= 0.3 is 0 Å². The number of hydrogen-bond donors (Lipinski definition) is 1. The smallest absolute Gasteiger partial charge is 0.222 e. The Bertz CT molecular complexity index is 216. The first-order valence-corrected chi connectivity index (χ1v) is 7.29. The third-order valence-corrected chi connectivity index (χ3v) is 3.69. The summed E-state index contributed by atoms with van der Waals surface area (Å²) in [6.45, 7) is 3.85. The maximum Gasteiger partial charge on any atom is 0.222 e. The molecule has 0 aliphatic carbocycles. The van der Waals surface area contributed by atoms with Crippen molar-refractivity contribution >= 4 is 5.91 Å². The number of nitrogens with two attached hydrogens (primary N) is 1. The average molecular weight is 240 g/mol. The largest absolute Gasteiger partial charge is 0.340 e. The Morgan fingerprint density at radius 2 is 2.12 bits per heavy atom. The minimum absolute atomic E-state index is 0.360. The number of hydrogen-bond acceptors (Lipinski definition) is 2. The summed E-state index contributed by atoms with van der Waals surface area (Å²) >= 11 is 0. The second kappa shape index (κ2) is 8.51. The van der Waals surface area contributed by atoms with Crippen LogP contribution in [0.15, 0.2) is 0 Å². The second-order valence-electron chi connectivity index (χ2n) is 5.12. The highest BCUT2D eigenvalue weighted by Gasteiger charge is 2.25. The number of likely N-dealkylation sites (tertiary alicyclic amines) is 1. The molecule has 0 bridgehead atoms. The molecule has 2 N–H and O–H groups in total. The molecule has 0 aromatic rings. The van der Waals surface area contributed by atoms with E-state index in [0.717, 1.165) is 32.2 Å². The van der Waals surface area contributed by atoms with Crippen LogP contribution < -0.4 is 5.73 Å². The molecule has 0 radical (unpaired) electrons. The Hall–Kier alpha value is -0.570. The first kappa shape index (κ1) is 14.5. The van der Waals surface area contributed by atoms with Gasteiger partial charge in [-0.2, -0.15) is 0 Å². The molecular weight excluding hydrogens is 212 g/mol. The third kappa shape index (κ3) is 5.07. The van der Waals surface area contributed by atoms with Gasteiger partial charge in [-0.15, -0.1) is 0 Å². The summed E-state index contributed by atoms with van der Waals surface area (Å²) in [6.07, 6.45) is 10.0. The van der Waals surface area contributed by atoms with E-state index in [9.17, 15) is 4.79 Å². The minimum atomic E-state index is 0.360. The van der Waals surface area contributed by atoms with E-state index in [1.54, 1.807) is 0 Å². The zero-order valence-electron chi connectivity index (χ0n) is 11.3. The number of piperidine rings is 1. The average Bonchev–Trinajstić information content (AvgIpc) is 2.35. The lowest BCUT2D eigenvalue weighted by molar-refractivity contribution is -0.135. The summed E-state index contributed by atoms with van der Waals surface area (Å²) in [5.41, 5.74) is 5.62. The van der Waals surface area contributed by atoms with Gasteiger partial charge in [-0.05, 0) is 38.6 Å². The lowest BCUT2D eigenvalue weighted by Gasteiger charge is -2.35. The fraction of sp³-hybridized carbons (Fsp3) is 0.929. The van der Waals surface area contributed by atoms with Crippen molar-refractivity contribution in [3.8, 4) is 0 Å². The van der Waals surface area contributed by atoms with Gasteiger partial charge in [-0.1, -0.05) is 26.2 Å². The Morgan fingerprint density at radius 3 is 2.82 bits per heavy atom. The van der Waals surface area contributed by atoms with Crippen molar-refractivity contribution in [1.82, 2.24) is 4.90 Å². The molecule has 0 aromatic heterocycles. The molecule has 1 aliphatic heterocycles. The lowest BCUT2D eigenvalue weighted by Crippen LogP contribution is -2.44. The molecule has 3 heteroatoms. The number of carbonyl (C=O) groups is 1. The Balaban J connectivity index is 2.31. The fourth-order valence-electron chi connectivity index (χ4n) is 2.67. The van der Waals surface area contributed by atoms with Crippen molar-refractivity contribution in [3.05, 3.63) is 0 Å². The van der Waals surface area contributed by atoms with Crippen molar-refractivity contribution in [2.75, 3.05) is 13.1 Å². The van der Waals surface area contributed by atoms with Crippen molar-refractivity contribution < 1.29 is 4.79 Å². The summed E-state index contributed by atoms with van der Waals surface area (Å²) in [5, 5.41) is 0. The van der Waals surface area contributed by atoms with Crippen LogP contribution in [0.1, 0.15) is 64.7 Å². The van der Waals surface area contributed by atoms with Gasteiger partial charge in [-0.3, -0.25) is 4.79 Å². The van der Waals surface area contributed by atoms with Gasteiger partial charge in [0.15, 0.2) is 0 Å². The molecule has 1 heterocycles. The number of carbonyl (C=O) groups excluding carboxylic acids is 1. The zero-order chi connectivity index (χ0) is 12.5. The Kier molecular flexibility index (Phi) is 7.25. The van der Waals surface area contributed by atoms with Crippen LogP contribution >= 0.6 is 0 Å². The summed E-state index contributed by atoms with van der Waals surface area (Å²) in [6, 6.07) is 0.424. The quantitative estimate of drug-likeness (QED) is 0.695. The Labute approximate surface area is 106 Å². The monoisotopic (exact) mass is 240 g/mol. The predicted molar refractivity (Wildman–Crippen MR) is 71.8 cm³/mol. The van der Waals surface area contributed by atoms with Gasteiger partial charge in [0, 0.05) is 19.0 Å².